The predicted molar refractivity (Wildman–Crippen MR) is 117 cm³/mol. The van der Waals surface area contributed by atoms with Crippen LogP contribution < -0.4 is 5.56 Å². The third kappa shape index (κ3) is 6.06. The molecule has 0 bridgehead atoms. The molecule has 0 spiro atoms. The number of fused-ring (bicyclic) bond motifs is 1. The molecule has 1 aromatic carbocycles. The highest BCUT2D eigenvalue weighted by Gasteiger charge is 2.18. The van der Waals surface area contributed by atoms with E-state index in [0.717, 1.165) is 32.4 Å². The van der Waals surface area contributed by atoms with Crippen molar-refractivity contribution in [1.29, 1.82) is 0 Å². The summed E-state index contributed by atoms with van der Waals surface area (Å²) in [5.74, 6) is 0.446. The van der Waals surface area contributed by atoms with Crippen LogP contribution in [0, 0.1) is 0 Å². The Morgan fingerprint density at radius 1 is 1.17 bits per heavy atom. The summed E-state index contributed by atoms with van der Waals surface area (Å²) in [5, 5.41) is 1.22. The van der Waals surface area contributed by atoms with Gasteiger partial charge >= 0.3 is 0 Å². The second-order valence-electron chi connectivity index (χ2n) is 7.73. The first kappa shape index (κ1) is 21.8. The van der Waals surface area contributed by atoms with Crippen LogP contribution in [-0.4, -0.2) is 51.9 Å². The smallest absolute Gasteiger partial charge is 0.262 e. The van der Waals surface area contributed by atoms with Crippen LogP contribution in [0.2, 0.25) is 0 Å². The van der Waals surface area contributed by atoms with E-state index in [9.17, 15) is 9.59 Å². The molecule has 2 heterocycles. The lowest BCUT2D eigenvalue weighted by molar-refractivity contribution is -0.128. The van der Waals surface area contributed by atoms with Gasteiger partial charge in [0.25, 0.3) is 5.56 Å². The summed E-state index contributed by atoms with van der Waals surface area (Å²) in [7, 11) is 0. The maximum atomic E-state index is 13.0. The zero-order valence-electron chi connectivity index (χ0n) is 17.4. The lowest BCUT2D eigenvalue weighted by atomic mass is 10.2. The van der Waals surface area contributed by atoms with E-state index in [1.807, 2.05) is 43.0 Å². The first-order valence-corrected chi connectivity index (χ1v) is 11.6. The van der Waals surface area contributed by atoms with Crippen LogP contribution in [0.3, 0.4) is 0 Å². The highest BCUT2D eigenvalue weighted by atomic mass is 32.2. The molecule has 0 saturated carbocycles. The van der Waals surface area contributed by atoms with E-state index < -0.39 is 0 Å². The molecule has 1 saturated heterocycles. The molecular formula is C22H31N3O3S. The van der Waals surface area contributed by atoms with E-state index in [4.69, 9.17) is 9.72 Å². The van der Waals surface area contributed by atoms with E-state index >= 15 is 0 Å². The van der Waals surface area contributed by atoms with Crippen molar-refractivity contribution in [3.05, 3.63) is 34.6 Å². The number of rotatable bonds is 8. The van der Waals surface area contributed by atoms with Gasteiger partial charge < -0.3 is 9.64 Å². The van der Waals surface area contributed by atoms with Gasteiger partial charge in [0.15, 0.2) is 5.16 Å². The van der Waals surface area contributed by atoms with Crippen molar-refractivity contribution in [3.8, 4) is 0 Å². The van der Waals surface area contributed by atoms with Gasteiger partial charge in [-0.1, -0.05) is 36.7 Å². The number of carbonyl (C=O) groups excluding carboxylic acids is 1. The van der Waals surface area contributed by atoms with E-state index in [2.05, 4.69) is 0 Å². The summed E-state index contributed by atoms with van der Waals surface area (Å²) in [6.07, 6.45) is 5.44. The Labute approximate surface area is 176 Å². The second kappa shape index (κ2) is 10.8. The minimum atomic E-state index is -0.0510. The molecule has 29 heavy (non-hydrogen) atoms. The SMILES string of the molecule is CC(C)OCCCn1c(SCC(=O)N2CCCCCC2)nc2ccccc2c1=O. The Bertz CT molecular complexity index is 873. The molecule has 0 unspecified atom stereocenters. The molecule has 0 N–H and O–H groups in total. The highest BCUT2D eigenvalue weighted by molar-refractivity contribution is 7.99. The van der Waals surface area contributed by atoms with E-state index in [0.29, 0.717) is 35.0 Å². The first-order chi connectivity index (χ1) is 14.1. The Morgan fingerprint density at radius 3 is 2.62 bits per heavy atom. The molecular weight excluding hydrogens is 386 g/mol. The van der Waals surface area contributed by atoms with E-state index in [1.165, 1.54) is 24.6 Å². The molecule has 1 aromatic heterocycles. The summed E-state index contributed by atoms with van der Waals surface area (Å²) in [5.41, 5.74) is 0.627. The average Bonchev–Trinajstić information content (AvgIpc) is 3.00. The number of aromatic nitrogens is 2. The van der Waals surface area contributed by atoms with Crippen molar-refractivity contribution < 1.29 is 9.53 Å². The fraction of sp³-hybridized carbons (Fsp3) is 0.591. The molecule has 7 heteroatoms. The monoisotopic (exact) mass is 417 g/mol. The number of thioether (sulfide) groups is 1. The summed E-state index contributed by atoms with van der Waals surface area (Å²) in [6.45, 7) is 6.80. The van der Waals surface area contributed by atoms with Crippen molar-refractivity contribution >= 4 is 28.6 Å². The number of nitrogens with zero attached hydrogens (tertiary/aromatic N) is 3. The fourth-order valence-corrected chi connectivity index (χ4v) is 4.46. The number of ether oxygens (including phenoxy) is 1. The van der Waals surface area contributed by atoms with Crippen LogP contribution in [0.5, 0.6) is 0 Å². The maximum absolute atomic E-state index is 13.0. The summed E-state index contributed by atoms with van der Waals surface area (Å²) < 4.78 is 7.32. The predicted octanol–water partition coefficient (Wildman–Crippen LogP) is 3.71. The summed E-state index contributed by atoms with van der Waals surface area (Å²) >= 11 is 1.37. The minimum absolute atomic E-state index is 0.0510. The van der Waals surface area contributed by atoms with Gasteiger partial charge in [-0.05, 0) is 45.2 Å². The number of para-hydroxylation sites is 1. The molecule has 0 aliphatic carbocycles. The van der Waals surface area contributed by atoms with Gasteiger partial charge in [0.1, 0.15) is 0 Å². The zero-order chi connectivity index (χ0) is 20.6. The molecule has 0 radical (unpaired) electrons. The van der Waals surface area contributed by atoms with Crippen LogP contribution in [0.25, 0.3) is 10.9 Å². The van der Waals surface area contributed by atoms with Crippen molar-refractivity contribution in [1.82, 2.24) is 14.5 Å². The first-order valence-electron chi connectivity index (χ1n) is 10.6. The second-order valence-corrected chi connectivity index (χ2v) is 8.67. The van der Waals surface area contributed by atoms with Crippen molar-refractivity contribution in [2.24, 2.45) is 0 Å². The van der Waals surface area contributed by atoms with Gasteiger partial charge in [-0.15, -0.1) is 0 Å². The van der Waals surface area contributed by atoms with Crippen molar-refractivity contribution in [2.75, 3.05) is 25.4 Å². The maximum Gasteiger partial charge on any atom is 0.262 e. The summed E-state index contributed by atoms with van der Waals surface area (Å²) in [4.78, 5) is 32.4. The quantitative estimate of drug-likeness (QED) is 0.372. The molecule has 1 aliphatic rings. The zero-order valence-corrected chi connectivity index (χ0v) is 18.2. The standard InChI is InChI=1S/C22H31N3O3S/c1-17(2)28-15-9-14-25-21(27)18-10-5-6-11-19(18)23-22(25)29-16-20(26)24-12-7-3-4-8-13-24/h5-6,10-11,17H,3-4,7-9,12-16H2,1-2H3. The molecule has 0 atom stereocenters. The molecule has 3 rings (SSSR count). The molecule has 2 aromatic rings. The van der Waals surface area contributed by atoms with Gasteiger partial charge in [-0.25, -0.2) is 4.98 Å². The number of amides is 1. The Balaban J connectivity index is 1.76. The number of likely N-dealkylation sites (tertiary alicyclic amines) is 1. The fourth-order valence-electron chi connectivity index (χ4n) is 3.53. The van der Waals surface area contributed by atoms with Crippen LogP contribution in [0.15, 0.2) is 34.2 Å². The lowest BCUT2D eigenvalue weighted by Crippen LogP contribution is -2.33. The Morgan fingerprint density at radius 2 is 1.90 bits per heavy atom. The number of hydrogen-bond acceptors (Lipinski definition) is 5. The van der Waals surface area contributed by atoms with Gasteiger partial charge in [0.2, 0.25) is 5.91 Å². The van der Waals surface area contributed by atoms with Crippen molar-refractivity contribution in [3.63, 3.8) is 0 Å². The Hall–Kier alpha value is -1.86. The number of hydrogen-bond donors (Lipinski definition) is 0. The van der Waals surface area contributed by atoms with Crippen LogP contribution in [-0.2, 0) is 16.1 Å². The molecule has 1 aliphatic heterocycles. The highest BCUT2D eigenvalue weighted by Crippen LogP contribution is 2.20. The van der Waals surface area contributed by atoms with Crippen molar-refractivity contribution in [2.45, 2.75) is 63.8 Å². The molecule has 158 valence electrons. The third-order valence-corrected chi connectivity index (χ3v) is 6.05. The van der Waals surface area contributed by atoms with Gasteiger partial charge in [-0.3, -0.25) is 14.2 Å². The topological polar surface area (TPSA) is 64.4 Å². The molecule has 1 fully saturated rings. The summed E-state index contributed by atoms with van der Waals surface area (Å²) in [6, 6.07) is 7.39. The molecule has 6 nitrogen and oxygen atoms in total. The van der Waals surface area contributed by atoms with Gasteiger partial charge in [0, 0.05) is 26.2 Å². The normalized spacial score (nSPS) is 15.1. The Kier molecular flexibility index (Phi) is 8.12. The van der Waals surface area contributed by atoms with Crippen LogP contribution in [0.1, 0.15) is 46.0 Å². The van der Waals surface area contributed by atoms with Gasteiger partial charge in [-0.2, -0.15) is 0 Å². The van der Waals surface area contributed by atoms with Crippen LogP contribution in [0.4, 0.5) is 0 Å². The van der Waals surface area contributed by atoms with E-state index in [1.54, 1.807) is 4.57 Å². The largest absolute Gasteiger partial charge is 0.379 e. The number of carbonyl (C=O) groups is 1. The average molecular weight is 418 g/mol. The lowest BCUT2D eigenvalue weighted by Gasteiger charge is -2.20. The van der Waals surface area contributed by atoms with Gasteiger partial charge in [0.05, 0.1) is 22.8 Å². The molecule has 1 amide bonds. The van der Waals surface area contributed by atoms with Crippen LogP contribution >= 0.6 is 11.8 Å². The third-order valence-electron chi connectivity index (χ3n) is 5.09. The number of benzene rings is 1. The minimum Gasteiger partial charge on any atom is -0.379 e. The van der Waals surface area contributed by atoms with E-state index in [-0.39, 0.29) is 17.6 Å².